The number of carbonyl (C=O) groups excluding carboxylic acids is 1. The largest absolute Gasteiger partial charge is 0.479 e. The minimum atomic E-state index is -1.61. The maximum Gasteiger partial charge on any atom is 0.334 e. The molecule has 1 unspecified atom stereocenters. The number of hydrogen-bond donors (Lipinski definition) is 3. The lowest BCUT2D eigenvalue weighted by molar-refractivity contribution is -0.146. The molecule has 1 aromatic heterocycles. The second-order valence-electron chi connectivity index (χ2n) is 3.71. The summed E-state index contributed by atoms with van der Waals surface area (Å²) in [6.45, 7) is 3.41. The van der Waals surface area contributed by atoms with Gasteiger partial charge in [-0.05, 0) is 17.5 Å². The molecule has 0 spiro atoms. The van der Waals surface area contributed by atoms with Crippen molar-refractivity contribution in [3.05, 3.63) is 10.6 Å². The van der Waals surface area contributed by atoms with Gasteiger partial charge in [0, 0.05) is 0 Å². The Kier molecular flexibility index (Phi) is 4.53. The van der Waals surface area contributed by atoms with Crippen LogP contribution < -0.4 is 5.32 Å². The van der Waals surface area contributed by atoms with Gasteiger partial charge in [-0.3, -0.25) is 4.79 Å². The zero-order valence-corrected chi connectivity index (χ0v) is 10.2. The van der Waals surface area contributed by atoms with E-state index in [0.717, 1.165) is 11.5 Å². The van der Waals surface area contributed by atoms with E-state index >= 15 is 0 Å². The van der Waals surface area contributed by atoms with E-state index in [1.807, 2.05) is 13.8 Å². The molecule has 0 aliphatic heterocycles. The van der Waals surface area contributed by atoms with E-state index in [2.05, 4.69) is 14.9 Å². The van der Waals surface area contributed by atoms with Crippen LogP contribution in [0.1, 0.15) is 35.1 Å². The fraction of sp³-hybridized carbons (Fsp3) is 0.556. The summed E-state index contributed by atoms with van der Waals surface area (Å²) < 4.78 is 3.68. The Morgan fingerprint density at radius 2 is 2.12 bits per heavy atom. The fourth-order valence-electron chi connectivity index (χ4n) is 1.09. The Bertz CT molecular complexity index is 418. The molecule has 1 aromatic rings. The normalized spacial score (nSPS) is 12.5. The molecule has 17 heavy (non-hydrogen) atoms. The molecule has 1 atom stereocenters. The Labute approximate surface area is 102 Å². The number of amides is 1. The Morgan fingerprint density at radius 1 is 1.47 bits per heavy atom. The monoisotopic (exact) mass is 259 g/mol. The summed E-state index contributed by atoms with van der Waals surface area (Å²) in [4.78, 5) is 22.4. The van der Waals surface area contributed by atoms with Gasteiger partial charge in [0.25, 0.3) is 5.91 Å². The second kappa shape index (κ2) is 5.69. The predicted octanol–water partition coefficient (Wildman–Crippen LogP) is -0.163. The quantitative estimate of drug-likeness (QED) is 0.677. The summed E-state index contributed by atoms with van der Waals surface area (Å²) in [7, 11) is 0. The van der Waals surface area contributed by atoms with Crippen LogP contribution in [0.25, 0.3) is 0 Å². The smallest absolute Gasteiger partial charge is 0.334 e. The van der Waals surface area contributed by atoms with Gasteiger partial charge >= 0.3 is 5.97 Å². The van der Waals surface area contributed by atoms with Crippen molar-refractivity contribution in [2.45, 2.75) is 25.9 Å². The number of carboxylic acid groups (broad SMARTS) is 1. The van der Waals surface area contributed by atoms with Crippen LogP contribution in [-0.4, -0.2) is 44.3 Å². The number of aromatic nitrogens is 2. The highest BCUT2D eigenvalue weighted by molar-refractivity contribution is 7.08. The molecule has 0 aliphatic carbocycles. The Morgan fingerprint density at radius 3 is 2.65 bits per heavy atom. The summed E-state index contributed by atoms with van der Waals surface area (Å²) >= 11 is 0.944. The first-order valence-corrected chi connectivity index (χ1v) is 5.72. The molecule has 0 saturated heterocycles. The maximum atomic E-state index is 11.7. The van der Waals surface area contributed by atoms with Crippen LogP contribution in [0.3, 0.4) is 0 Å². The van der Waals surface area contributed by atoms with Crippen LogP contribution in [0.15, 0.2) is 0 Å². The summed E-state index contributed by atoms with van der Waals surface area (Å²) in [6.07, 6.45) is -1.61. The van der Waals surface area contributed by atoms with Crippen molar-refractivity contribution in [2.75, 3.05) is 6.54 Å². The standard InChI is InChI=1S/C9H13N3O4S/c1-4(2)6-7(17-12-11-6)8(14)10-3-5(13)9(15)16/h4-5,13H,3H2,1-2H3,(H,10,14)(H,15,16). The molecule has 0 bridgehead atoms. The van der Waals surface area contributed by atoms with E-state index in [4.69, 9.17) is 10.2 Å². The second-order valence-corrected chi connectivity index (χ2v) is 4.46. The van der Waals surface area contributed by atoms with Crippen LogP contribution in [0.5, 0.6) is 0 Å². The number of aliphatic hydroxyl groups is 1. The minimum Gasteiger partial charge on any atom is -0.479 e. The van der Waals surface area contributed by atoms with Crippen molar-refractivity contribution >= 4 is 23.4 Å². The Hall–Kier alpha value is -1.54. The summed E-state index contributed by atoms with van der Waals surface area (Å²) in [5.41, 5.74) is 0.567. The third kappa shape index (κ3) is 3.46. The first kappa shape index (κ1) is 13.5. The zero-order valence-electron chi connectivity index (χ0n) is 9.38. The highest BCUT2D eigenvalue weighted by Gasteiger charge is 2.20. The number of nitrogens with zero attached hydrogens (tertiary/aromatic N) is 2. The van der Waals surface area contributed by atoms with E-state index in [1.54, 1.807) is 0 Å². The summed E-state index contributed by atoms with van der Waals surface area (Å²) in [5.74, 6) is -1.79. The molecule has 94 valence electrons. The number of carbonyl (C=O) groups is 2. The molecule has 0 saturated carbocycles. The molecule has 1 heterocycles. The van der Waals surface area contributed by atoms with Crippen LogP contribution in [0, 0.1) is 0 Å². The number of nitrogens with one attached hydrogen (secondary N) is 1. The van der Waals surface area contributed by atoms with Gasteiger partial charge in [0.1, 0.15) is 4.88 Å². The van der Waals surface area contributed by atoms with Crippen LogP contribution >= 0.6 is 11.5 Å². The van der Waals surface area contributed by atoms with E-state index in [1.165, 1.54) is 0 Å². The number of hydrogen-bond acceptors (Lipinski definition) is 6. The van der Waals surface area contributed by atoms with Gasteiger partial charge in [0.2, 0.25) is 0 Å². The van der Waals surface area contributed by atoms with Gasteiger partial charge in [-0.25, -0.2) is 4.79 Å². The van der Waals surface area contributed by atoms with Crippen molar-refractivity contribution in [1.82, 2.24) is 14.9 Å². The predicted molar refractivity (Wildman–Crippen MR) is 60.0 cm³/mol. The lowest BCUT2D eigenvalue weighted by atomic mass is 10.1. The maximum absolute atomic E-state index is 11.7. The highest BCUT2D eigenvalue weighted by Crippen LogP contribution is 2.19. The molecule has 0 radical (unpaired) electrons. The average Bonchev–Trinajstić information content (AvgIpc) is 2.73. The molecule has 1 amide bonds. The lowest BCUT2D eigenvalue weighted by Crippen LogP contribution is -2.36. The van der Waals surface area contributed by atoms with Crippen LogP contribution in [0.2, 0.25) is 0 Å². The van der Waals surface area contributed by atoms with Gasteiger partial charge in [-0.15, -0.1) is 5.10 Å². The SMILES string of the molecule is CC(C)c1nnsc1C(=O)NCC(O)C(=O)O. The van der Waals surface area contributed by atoms with Gasteiger partial charge in [0.15, 0.2) is 6.10 Å². The first-order chi connectivity index (χ1) is 7.93. The van der Waals surface area contributed by atoms with Crippen molar-refractivity contribution in [3.8, 4) is 0 Å². The molecule has 1 rings (SSSR count). The number of aliphatic hydroxyl groups excluding tert-OH is 1. The molecule has 3 N–H and O–H groups in total. The number of rotatable bonds is 5. The van der Waals surface area contributed by atoms with E-state index < -0.39 is 18.0 Å². The van der Waals surface area contributed by atoms with Crippen molar-refractivity contribution < 1.29 is 19.8 Å². The summed E-state index contributed by atoms with van der Waals surface area (Å²) in [6, 6.07) is 0. The van der Waals surface area contributed by atoms with Gasteiger partial charge in [-0.1, -0.05) is 18.3 Å². The number of carboxylic acids is 1. The van der Waals surface area contributed by atoms with Crippen LogP contribution in [0.4, 0.5) is 0 Å². The van der Waals surface area contributed by atoms with E-state index in [9.17, 15) is 9.59 Å². The van der Waals surface area contributed by atoms with Crippen molar-refractivity contribution in [1.29, 1.82) is 0 Å². The molecule has 0 aromatic carbocycles. The molecular weight excluding hydrogens is 246 g/mol. The molecule has 7 nitrogen and oxygen atoms in total. The first-order valence-electron chi connectivity index (χ1n) is 4.94. The van der Waals surface area contributed by atoms with Gasteiger partial charge in [-0.2, -0.15) is 0 Å². The summed E-state index contributed by atoms with van der Waals surface area (Å²) in [5, 5.41) is 23.6. The average molecular weight is 259 g/mol. The fourth-order valence-corrected chi connectivity index (χ4v) is 1.83. The van der Waals surface area contributed by atoms with Gasteiger partial charge < -0.3 is 15.5 Å². The van der Waals surface area contributed by atoms with E-state index in [0.29, 0.717) is 10.6 Å². The lowest BCUT2D eigenvalue weighted by Gasteiger charge is -2.07. The topological polar surface area (TPSA) is 112 Å². The van der Waals surface area contributed by atoms with Gasteiger partial charge in [0.05, 0.1) is 12.2 Å². The van der Waals surface area contributed by atoms with Crippen molar-refractivity contribution in [3.63, 3.8) is 0 Å². The molecular formula is C9H13N3O4S. The molecule has 0 aliphatic rings. The highest BCUT2D eigenvalue weighted by atomic mass is 32.1. The third-order valence-corrected chi connectivity index (χ3v) is 2.75. The zero-order chi connectivity index (χ0) is 13.0. The van der Waals surface area contributed by atoms with E-state index in [-0.39, 0.29) is 12.5 Å². The minimum absolute atomic E-state index is 0.0545. The van der Waals surface area contributed by atoms with Crippen molar-refractivity contribution in [2.24, 2.45) is 0 Å². The Balaban J connectivity index is 2.64. The number of aliphatic carboxylic acids is 1. The molecule has 0 fully saturated rings. The molecule has 8 heteroatoms. The van der Waals surface area contributed by atoms with Crippen LogP contribution in [-0.2, 0) is 4.79 Å². The third-order valence-electron chi connectivity index (χ3n) is 2.01.